The number of anilines is 1. The number of hydrogen-bond donors (Lipinski definition) is 1. The van der Waals surface area contributed by atoms with Gasteiger partial charge in [0.1, 0.15) is 5.82 Å². The van der Waals surface area contributed by atoms with Crippen LogP contribution in [-0.2, 0) is 4.74 Å². The molecule has 1 unspecified atom stereocenters. The number of hydrogen-bond acceptors (Lipinski definition) is 3. The Morgan fingerprint density at radius 3 is 2.94 bits per heavy atom. The van der Waals surface area contributed by atoms with Crippen LogP contribution in [0.4, 0.5) is 10.1 Å². The maximum atomic E-state index is 13.8. The monoisotopic (exact) mass is 238 g/mol. The second-order valence-electron chi connectivity index (χ2n) is 4.59. The molecule has 0 saturated carbocycles. The zero-order valence-electron chi connectivity index (χ0n) is 10.3. The van der Waals surface area contributed by atoms with E-state index in [1.54, 1.807) is 6.07 Å². The standard InChI is InChI=1S/C13H19FN2O/c1-9-8-16(6-7-17-9)12-5-3-4-11(14)13(12)10(2)15/h3-5,9-10H,6-8,15H2,1-2H3/t9?,10-/m0/s1. The number of rotatable bonds is 2. The van der Waals surface area contributed by atoms with Gasteiger partial charge < -0.3 is 15.4 Å². The topological polar surface area (TPSA) is 38.5 Å². The summed E-state index contributed by atoms with van der Waals surface area (Å²) in [6.07, 6.45) is 0.174. The van der Waals surface area contributed by atoms with Crippen molar-refractivity contribution in [1.82, 2.24) is 0 Å². The third-order valence-electron chi connectivity index (χ3n) is 3.07. The fourth-order valence-corrected chi connectivity index (χ4v) is 2.29. The number of benzene rings is 1. The van der Waals surface area contributed by atoms with Crippen molar-refractivity contribution in [1.29, 1.82) is 0 Å². The van der Waals surface area contributed by atoms with Crippen LogP contribution in [0.15, 0.2) is 18.2 Å². The molecular weight excluding hydrogens is 219 g/mol. The number of morpholine rings is 1. The van der Waals surface area contributed by atoms with Gasteiger partial charge in [-0.15, -0.1) is 0 Å². The number of nitrogens with two attached hydrogens (primary N) is 1. The summed E-state index contributed by atoms with van der Waals surface area (Å²) >= 11 is 0. The summed E-state index contributed by atoms with van der Waals surface area (Å²) in [7, 11) is 0. The van der Waals surface area contributed by atoms with Crippen molar-refractivity contribution in [3.05, 3.63) is 29.6 Å². The number of ether oxygens (including phenoxy) is 1. The first-order valence-corrected chi connectivity index (χ1v) is 6.00. The molecule has 0 aromatic heterocycles. The maximum absolute atomic E-state index is 13.8. The Morgan fingerprint density at radius 1 is 1.53 bits per heavy atom. The fourth-order valence-electron chi connectivity index (χ4n) is 2.29. The minimum absolute atomic E-state index is 0.174. The Kier molecular flexibility index (Phi) is 3.64. The van der Waals surface area contributed by atoms with Gasteiger partial charge in [0.2, 0.25) is 0 Å². The van der Waals surface area contributed by atoms with Crippen LogP contribution in [0, 0.1) is 5.82 Å². The van der Waals surface area contributed by atoms with E-state index in [1.165, 1.54) is 6.07 Å². The molecule has 17 heavy (non-hydrogen) atoms. The lowest BCUT2D eigenvalue weighted by atomic mass is 10.0. The predicted octanol–water partition coefficient (Wildman–Crippen LogP) is 2.07. The molecule has 1 aliphatic heterocycles. The zero-order valence-corrected chi connectivity index (χ0v) is 10.3. The normalized spacial score (nSPS) is 22.6. The summed E-state index contributed by atoms with van der Waals surface area (Å²) < 4.78 is 19.3. The molecule has 0 amide bonds. The van der Waals surface area contributed by atoms with Crippen molar-refractivity contribution in [2.75, 3.05) is 24.6 Å². The zero-order chi connectivity index (χ0) is 12.4. The first-order chi connectivity index (χ1) is 8.09. The fraction of sp³-hybridized carbons (Fsp3) is 0.538. The van der Waals surface area contributed by atoms with Crippen LogP contribution >= 0.6 is 0 Å². The van der Waals surface area contributed by atoms with Crippen LogP contribution < -0.4 is 10.6 Å². The number of nitrogens with zero attached hydrogens (tertiary/aromatic N) is 1. The predicted molar refractivity (Wildman–Crippen MR) is 66.6 cm³/mol. The van der Waals surface area contributed by atoms with Gasteiger partial charge in [-0.05, 0) is 26.0 Å². The van der Waals surface area contributed by atoms with E-state index in [1.807, 2.05) is 19.9 Å². The second kappa shape index (κ2) is 5.02. The maximum Gasteiger partial charge on any atom is 0.130 e. The lowest BCUT2D eigenvalue weighted by Crippen LogP contribution is -2.41. The van der Waals surface area contributed by atoms with E-state index in [0.717, 1.165) is 18.8 Å². The summed E-state index contributed by atoms with van der Waals surface area (Å²) in [5, 5.41) is 0. The van der Waals surface area contributed by atoms with Gasteiger partial charge in [-0.2, -0.15) is 0 Å². The molecule has 0 aliphatic carbocycles. The third kappa shape index (κ3) is 2.58. The van der Waals surface area contributed by atoms with Gasteiger partial charge in [-0.3, -0.25) is 0 Å². The highest BCUT2D eigenvalue weighted by molar-refractivity contribution is 5.55. The molecule has 2 N–H and O–H groups in total. The van der Waals surface area contributed by atoms with Crippen LogP contribution in [-0.4, -0.2) is 25.8 Å². The molecule has 2 atom stereocenters. The number of halogens is 1. The molecule has 94 valence electrons. The van der Waals surface area contributed by atoms with Gasteiger partial charge in [0, 0.05) is 30.4 Å². The van der Waals surface area contributed by atoms with Crippen molar-refractivity contribution in [2.45, 2.75) is 26.0 Å². The first kappa shape index (κ1) is 12.3. The van der Waals surface area contributed by atoms with Crippen molar-refractivity contribution < 1.29 is 9.13 Å². The first-order valence-electron chi connectivity index (χ1n) is 6.00. The largest absolute Gasteiger partial charge is 0.375 e. The van der Waals surface area contributed by atoms with Crippen molar-refractivity contribution >= 4 is 5.69 Å². The van der Waals surface area contributed by atoms with E-state index < -0.39 is 0 Å². The lowest BCUT2D eigenvalue weighted by molar-refractivity contribution is 0.0531. The molecule has 1 fully saturated rings. The molecule has 1 aromatic rings. The molecule has 0 spiro atoms. The molecule has 0 bridgehead atoms. The quantitative estimate of drug-likeness (QED) is 0.857. The Bertz CT molecular complexity index is 395. The summed E-state index contributed by atoms with van der Waals surface area (Å²) in [6.45, 7) is 6.08. The van der Waals surface area contributed by atoms with Crippen LogP contribution in [0.5, 0.6) is 0 Å². The summed E-state index contributed by atoms with van der Waals surface area (Å²) in [6, 6.07) is 4.83. The summed E-state index contributed by atoms with van der Waals surface area (Å²) in [5.74, 6) is -0.225. The Labute approximate surface area is 101 Å². The van der Waals surface area contributed by atoms with E-state index in [-0.39, 0.29) is 18.0 Å². The molecule has 2 rings (SSSR count). The average Bonchev–Trinajstić information content (AvgIpc) is 2.28. The molecule has 3 nitrogen and oxygen atoms in total. The van der Waals surface area contributed by atoms with Crippen LogP contribution in [0.3, 0.4) is 0 Å². The highest BCUT2D eigenvalue weighted by Crippen LogP contribution is 2.29. The summed E-state index contributed by atoms with van der Waals surface area (Å²) in [5.41, 5.74) is 7.36. The highest BCUT2D eigenvalue weighted by Gasteiger charge is 2.22. The van der Waals surface area contributed by atoms with E-state index in [9.17, 15) is 4.39 Å². The van der Waals surface area contributed by atoms with Gasteiger partial charge in [-0.1, -0.05) is 6.07 Å². The third-order valence-corrected chi connectivity index (χ3v) is 3.07. The van der Waals surface area contributed by atoms with Gasteiger partial charge in [-0.25, -0.2) is 4.39 Å². The minimum atomic E-state index is -0.302. The van der Waals surface area contributed by atoms with E-state index in [4.69, 9.17) is 10.5 Å². The molecule has 4 heteroatoms. The van der Waals surface area contributed by atoms with Crippen LogP contribution in [0.25, 0.3) is 0 Å². The molecule has 1 saturated heterocycles. The lowest BCUT2D eigenvalue weighted by Gasteiger charge is -2.34. The van der Waals surface area contributed by atoms with Gasteiger partial charge >= 0.3 is 0 Å². The Morgan fingerprint density at radius 2 is 2.29 bits per heavy atom. The smallest absolute Gasteiger partial charge is 0.130 e. The molecular formula is C13H19FN2O. The molecule has 1 aromatic carbocycles. The van der Waals surface area contributed by atoms with Crippen LogP contribution in [0.1, 0.15) is 25.5 Å². The van der Waals surface area contributed by atoms with Crippen LogP contribution in [0.2, 0.25) is 0 Å². The van der Waals surface area contributed by atoms with E-state index in [0.29, 0.717) is 12.2 Å². The van der Waals surface area contributed by atoms with Crippen molar-refractivity contribution in [2.24, 2.45) is 5.73 Å². The van der Waals surface area contributed by atoms with Gasteiger partial charge in [0.25, 0.3) is 0 Å². The molecule has 1 heterocycles. The van der Waals surface area contributed by atoms with Crippen molar-refractivity contribution in [3.63, 3.8) is 0 Å². The molecule has 1 aliphatic rings. The van der Waals surface area contributed by atoms with E-state index in [2.05, 4.69) is 4.90 Å². The summed E-state index contributed by atoms with van der Waals surface area (Å²) in [4.78, 5) is 2.15. The van der Waals surface area contributed by atoms with Crippen molar-refractivity contribution in [3.8, 4) is 0 Å². The highest BCUT2D eigenvalue weighted by atomic mass is 19.1. The second-order valence-corrected chi connectivity index (χ2v) is 4.59. The molecule has 0 radical (unpaired) electrons. The Balaban J connectivity index is 2.34. The minimum Gasteiger partial charge on any atom is -0.375 e. The van der Waals surface area contributed by atoms with E-state index >= 15 is 0 Å². The van der Waals surface area contributed by atoms with Gasteiger partial charge in [0.05, 0.1) is 12.7 Å². The Hall–Kier alpha value is -1.13. The SMILES string of the molecule is CC1CN(c2cccc(F)c2[C@H](C)N)CCO1. The average molecular weight is 238 g/mol. The van der Waals surface area contributed by atoms with Gasteiger partial charge in [0.15, 0.2) is 0 Å².